The van der Waals surface area contributed by atoms with Crippen molar-refractivity contribution in [2.45, 2.75) is 20.8 Å². The van der Waals surface area contributed by atoms with Crippen molar-refractivity contribution in [3.8, 4) is 5.75 Å². The maximum absolute atomic E-state index is 11.6. The van der Waals surface area contributed by atoms with Crippen molar-refractivity contribution >= 4 is 12.1 Å². The predicted octanol–water partition coefficient (Wildman–Crippen LogP) is 2.90. The van der Waals surface area contributed by atoms with Crippen molar-refractivity contribution in [1.82, 2.24) is 0 Å². The molecule has 0 aliphatic heterocycles. The van der Waals surface area contributed by atoms with E-state index in [9.17, 15) is 9.59 Å². The first kappa shape index (κ1) is 16.8. The van der Waals surface area contributed by atoms with Crippen LogP contribution in [-0.4, -0.2) is 25.8 Å². The highest BCUT2D eigenvalue weighted by Gasteiger charge is 2.16. The maximum atomic E-state index is 11.6. The molecule has 0 aliphatic rings. The van der Waals surface area contributed by atoms with Crippen LogP contribution in [0.2, 0.25) is 0 Å². The number of carbonyl (C=O) groups excluding carboxylic acids is 2. The van der Waals surface area contributed by atoms with Crippen molar-refractivity contribution in [3.05, 3.63) is 29.8 Å². The molecule has 0 radical (unpaired) electrons. The molecule has 0 saturated carbocycles. The first-order valence-electron chi connectivity index (χ1n) is 6.18. The fourth-order valence-corrected chi connectivity index (χ4v) is 1.17. The number of hydrogen-bond donors (Lipinski definition) is 0. The van der Waals surface area contributed by atoms with Crippen LogP contribution in [0.15, 0.2) is 24.3 Å². The summed E-state index contributed by atoms with van der Waals surface area (Å²) in [7, 11) is 1.47. The Labute approximate surface area is 122 Å². The molecule has 7 nitrogen and oxygen atoms in total. The first-order valence-corrected chi connectivity index (χ1v) is 6.18. The van der Waals surface area contributed by atoms with Gasteiger partial charge in [0.1, 0.15) is 5.75 Å². The highest BCUT2D eigenvalue weighted by atomic mass is 17.5. The lowest BCUT2D eigenvalue weighted by molar-refractivity contribution is -0.452. The molecule has 0 unspecified atom stereocenters. The summed E-state index contributed by atoms with van der Waals surface area (Å²) in [4.78, 5) is 31.2. The molecule has 21 heavy (non-hydrogen) atoms. The van der Waals surface area contributed by atoms with Gasteiger partial charge < -0.3 is 9.47 Å². The quantitative estimate of drug-likeness (QED) is 0.469. The second-order valence-corrected chi connectivity index (χ2v) is 5.35. The standard InChI is InChI=1S/C14H18O7/c1-14(2,3)9-18-13(16)20-21-19-12(15)10-6-5-7-11(8-10)17-4/h5-8H,9H2,1-4H3. The van der Waals surface area contributed by atoms with Gasteiger partial charge in [-0.2, -0.15) is 0 Å². The molecule has 0 spiro atoms. The molecule has 1 rings (SSSR count). The van der Waals surface area contributed by atoms with Crippen LogP contribution in [0.25, 0.3) is 0 Å². The number of carbonyl (C=O) groups is 2. The highest BCUT2D eigenvalue weighted by molar-refractivity contribution is 5.89. The van der Waals surface area contributed by atoms with Crippen LogP contribution in [0.4, 0.5) is 4.79 Å². The monoisotopic (exact) mass is 298 g/mol. The molecule has 7 heteroatoms. The Balaban J connectivity index is 2.34. The summed E-state index contributed by atoms with van der Waals surface area (Å²) in [5, 5.41) is 4.09. The van der Waals surface area contributed by atoms with Crippen molar-refractivity contribution in [2.75, 3.05) is 13.7 Å². The molecule has 116 valence electrons. The first-order chi connectivity index (χ1) is 9.81. The molecule has 0 heterocycles. The Hall–Kier alpha value is -2.28. The van der Waals surface area contributed by atoms with Gasteiger partial charge >= 0.3 is 12.1 Å². The number of benzene rings is 1. The smallest absolute Gasteiger partial charge is 0.497 e. The fraction of sp³-hybridized carbons (Fsp3) is 0.429. The minimum absolute atomic E-state index is 0.138. The number of hydrogen-bond acceptors (Lipinski definition) is 7. The Kier molecular flexibility index (Phi) is 5.98. The Morgan fingerprint density at radius 3 is 2.48 bits per heavy atom. The zero-order valence-corrected chi connectivity index (χ0v) is 12.4. The minimum atomic E-state index is -1.09. The van der Waals surface area contributed by atoms with Crippen LogP contribution in [0.5, 0.6) is 5.75 Å². The third-order valence-corrected chi connectivity index (χ3v) is 2.14. The van der Waals surface area contributed by atoms with Gasteiger partial charge in [0.05, 0.1) is 24.3 Å². The van der Waals surface area contributed by atoms with Crippen LogP contribution in [0.3, 0.4) is 0 Å². The highest BCUT2D eigenvalue weighted by Crippen LogP contribution is 2.14. The third kappa shape index (κ3) is 6.62. The second kappa shape index (κ2) is 7.49. The van der Waals surface area contributed by atoms with E-state index in [1.807, 2.05) is 20.8 Å². The molecular weight excluding hydrogens is 280 g/mol. The molecule has 1 aromatic rings. The van der Waals surface area contributed by atoms with Gasteiger partial charge in [0.15, 0.2) is 0 Å². The van der Waals surface area contributed by atoms with E-state index in [-0.39, 0.29) is 17.6 Å². The van der Waals surface area contributed by atoms with Crippen molar-refractivity contribution in [2.24, 2.45) is 5.41 Å². The zero-order chi connectivity index (χ0) is 15.9. The predicted molar refractivity (Wildman–Crippen MR) is 71.4 cm³/mol. The zero-order valence-electron chi connectivity index (χ0n) is 12.4. The van der Waals surface area contributed by atoms with Crippen molar-refractivity contribution in [1.29, 1.82) is 0 Å². The van der Waals surface area contributed by atoms with E-state index >= 15 is 0 Å². The van der Waals surface area contributed by atoms with Gasteiger partial charge in [0.2, 0.25) is 0 Å². The summed E-state index contributed by atoms with van der Waals surface area (Å²) in [6.07, 6.45) is -1.09. The molecule has 0 bridgehead atoms. The van der Waals surface area contributed by atoms with Crippen LogP contribution in [-0.2, 0) is 19.6 Å². The molecule has 0 atom stereocenters. The molecule has 0 fully saturated rings. The van der Waals surface area contributed by atoms with Crippen molar-refractivity contribution < 1.29 is 33.9 Å². The molecule has 0 aromatic heterocycles. The fourth-order valence-electron chi connectivity index (χ4n) is 1.17. The third-order valence-electron chi connectivity index (χ3n) is 2.14. The molecule has 0 aliphatic carbocycles. The van der Waals surface area contributed by atoms with Gasteiger partial charge in [-0.05, 0) is 23.6 Å². The summed E-state index contributed by atoms with van der Waals surface area (Å²) in [5.41, 5.74) is -0.0305. The van der Waals surface area contributed by atoms with E-state index in [2.05, 4.69) is 14.8 Å². The van der Waals surface area contributed by atoms with E-state index in [1.54, 1.807) is 12.1 Å². The lowest BCUT2D eigenvalue weighted by Crippen LogP contribution is -2.19. The van der Waals surface area contributed by atoms with E-state index < -0.39 is 12.1 Å². The van der Waals surface area contributed by atoms with Gasteiger partial charge in [-0.15, -0.1) is 0 Å². The maximum Gasteiger partial charge on any atom is 0.543 e. The lowest BCUT2D eigenvalue weighted by Gasteiger charge is -2.16. The van der Waals surface area contributed by atoms with Gasteiger partial charge in [0.25, 0.3) is 0 Å². The van der Waals surface area contributed by atoms with Gasteiger partial charge in [0, 0.05) is 0 Å². The van der Waals surface area contributed by atoms with Crippen LogP contribution in [0, 0.1) is 5.41 Å². The average molecular weight is 298 g/mol. The largest absolute Gasteiger partial charge is 0.543 e. The van der Waals surface area contributed by atoms with Crippen LogP contribution < -0.4 is 4.74 Å². The summed E-state index contributed by atoms with van der Waals surface area (Å²) < 4.78 is 9.69. The summed E-state index contributed by atoms with van der Waals surface area (Å²) in [6.45, 7) is 5.77. The lowest BCUT2D eigenvalue weighted by atomic mass is 9.99. The Bertz CT molecular complexity index is 490. The molecule has 1 aromatic carbocycles. The number of methoxy groups -OCH3 is 1. The minimum Gasteiger partial charge on any atom is -0.497 e. The van der Waals surface area contributed by atoms with Crippen molar-refractivity contribution in [3.63, 3.8) is 0 Å². The number of ether oxygens (including phenoxy) is 2. The Morgan fingerprint density at radius 2 is 1.86 bits per heavy atom. The normalized spacial score (nSPS) is 10.7. The van der Waals surface area contributed by atoms with Gasteiger partial charge in [-0.25, -0.2) is 14.5 Å². The SMILES string of the molecule is COc1cccc(C(=O)OOOC(=O)OCC(C)(C)C)c1. The van der Waals surface area contributed by atoms with Crippen LogP contribution >= 0.6 is 0 Å². The molecule has 0 N–H and O–H groups in total. The summed E-state index contributed by atoms with van der Waals surface area (Å²) >= 11 is 0. The average Bonchev–Trinajstić information content (AvgIpc) is 2.44. The van der Waals surface area contributed by atoms with E-state index in [4.69, 9.17) is 9.47 Å². The Morgan fingerprint density at radius 1 is 1.14 bits per heavy atom. The topological polar surface area (TPSA) is 80.3 Å². The van der Waals surface area contributed by atoms with E-state index in [0.29, 0.717) is 5.75 Å². The summed E-state index contributed by atoms with van der Waals surface area (Å²) in [6, 6.07) is 6.21. The molecule has 0 saturated heterocycles. The summed E-state index contributed by atoms with van der Waals surface area (Å²) in [5.74, 6) is -0.354. The van der Waals surface area contributed by atoms with Gasteiger partial charge in [-0.1, -0.05) is 26.8 Å². The van der Waals surface area contributed by atoms with Crippen LogP contribution in [0.1, 0.15) is 31.1 Å². The second-order valence-electron chi connectivity index (χ2n) is 5.35. The number of rotatable bonds is 5. The van der Waals surface area contributed by atoms with E-state index in [0.717, 1.165) is 0 Å². The van der Waals surface area contributed by atoms with Gasteiger partial charge in [-0.3, -0.25) is 4.89 Å². The molecule has 0 amide bonds. The van der Waals surface area contributed by atoms with E-state index in [1.165, 1.54) is 19.2 Å². The molecular formula is C14H18O7.